The Bertz CT molecular complexity index is 807. The zero-order valence-corrected chi connectivity index (χ0v) is 16.6. The first-order chi connectivity index (χ1) is 12.4. The van der Waals surface area contributed by atoms with Crippen molar-refractivity contribution in [1.29, 1.82) is 0 Å². The maximum absolute atomic E-state index is 13.2. The number of nitrogens with zero attached hydrogens (tertiary/aromatic N) is 1. The Morgan fingerprint density at radius 2 is 1.77 bits per heavy atom. The molecule has 0 N–H and O–H groups in total. The minimum absolute atomic E-state index is 0.0942. The van der Waals surface area contributed by atoms with Crippen LogP contribution in [-0.2, 0) is 14.8 Å². The van der Waals surface area contributed by atoms with Crippen molar-refractivity contribution in [2.75, 3.05) is 13.2 Å². The number of rotatable bonds is 9. The molecule has 0 fully saturated rings. The predicted octanol–water partition coefficient (Wildman–Crippen LogP) is 4.51. The summed E-state index contributed by atoms with van der Waals surface area (Å²) in [6.07, 6.45) is 0.681. The number of hydrogen-bond acceptors (Lipinski definition) is 3. The first-order valence-corrected chi connectivity index (χ1v) is 10.3. The van der Waals surface area contributed by atoms with Crippen LogP contribution in [0, 0.1) is 6.92 Å². The van der Waals surface area contributed by atoms with Gasteiger partial charge in [0.1, 0.15) is 6.23 Å². The third-order valence-electron chi connectivity index (χ3n) is 3.93. The topological polar surface area (TPSA) is 46.6 Å². The van der Waals surface area contributed by atoms with E-state index >= 15 is 0 Å². The fourth-order valence-corrected chi connectivity index (χ4v) is 4.53. The molecular weight excluding hydrogens is 370 g/mol. The lowest BCUT2D eigenvalue weighted by molar-refractivity contribution is -0.0115. The first kappa shape index (κ1) is 20.6. The quantitative estimate of drug-likeness (QED) is 0.357. The van der Waals surface area contributed by atoms with E-state index in [1.54, 1.807) is 24.3 Å². The monoisotopic (exact) mass is 393 g/mol. The molecule has 0 saturated carbocycles. The first-order valence-electron chi connectivity index (χ1n) is 8.41. The van der Waals surface area contributed by atoms with E-state index in [2.05, 4.69) is 6.58 Å². The normalized spacial score (nSPS) is 14.2. The van der Waals surface area contributed by atoms with Gasteiger partial charge >= 0.3 is 0 Å². The lowest BCUT2D eigenvalue weighted by atomic mass is 10.1. The van der Waals surface area contributed by atoms with Crippen LogP contribution in [0.3, 0.4) is 0 Å². The number of sulfonamides is 1. The molecule has 2 atom stereocenters. The molecule has 0 spiro atoms. The summed E-state index contributed by atoms with van der Waals surface area (Å²) in [6.45, 7) is 7.84. The second-order valence-corrected chi connectivity index (χ2v) is 8.20. The highest BCUT2D eigenvalue weighted by Gasteiger charge is 2.36. The van der Waals surface area contributed by atoms with Crippen LogP contribution in [0.25, 0.3) is 0 Å². The van der Waals surface area contributed by atoms with Gasteiger partial charge in [0.05, 0.1) is 10.3 Å². The fourth-order valence-electron chi connectivity index (χ4n) is 2.60. The molecule has 2 aromatic rings. The Hall–Kier alpha value is -1.66. The fraction of sp³-hybridized carbons (Fsp3) is 0.300. The van der Waals surface area contributed by atoms with Crippen molar-refractivity contribution in [1.82, 2.24) is 4.31 Å². The van der Waals surface area contributed by atoms with Gasteiger partial charge in [0.2, 0.25) is 10.0 Å². The molecule has 26 heavy (non-hydrogen) atoms. The van der Waals surface area contributed by atoms with Gasteiger partial charge < -0.3 is 4.74 Å². The zero-order valence-electron chi connectivity index (χ0n) is 15.0. The summed E-state index contributed by atoms with van der Waals surface area (Å²) in [6, 6.07) is 16.0. The van der Waals surface area contributed by atoms with Crippen molar-refractivity contribution in [3.8, 4) is 0 Å². The molecule has 0 bridgehead atoms. The molecule has 6 heteroatoms. The summed E-state index contributed by atoms with van der Waals surface area (Å²) in [4.78, 5) is 0.201. The average Bonchev–Trinajstić information content (AvgIpc) is 2.65. The van der Waals surface area contributed by atoms with Crippen molar-refractivity contribution in [3.63, 3.8) is 0 Å². The number of alkyl halides is 1. The largest absolute Gasteiger partial charge is 0.360 e. The molecular formula is C20H24ClNO3S. The minimum Gasteiger partial charge on any atom is -0.360 e. The summed E-state index contributed by atoms with van der Waals surface area (Å²) in [5.41, 5.74) is 1.78. The molecule has 0 aliphatic carbocycles. The Morgan fingerprint density at radius 1 is 1.15 bits per heavy atom. The van der Waals surface area contributed by atoms with Crippen LogP contribution in [0.15, 0.2) is 72.1 Å². The summed E-state index contributed by atoms with van der Waals surface area (Å²) in [5, 5.41) is -0.656. The molecule has 0 aromatic heterocycles. The van der Waals surface area contributed by atoms with Crippen molar-refractivity contribution < 1.29 is 13.2 Å². The second-order valence-electron chi connectivity index (χ2n) is 5.83. The number of halogens is 1. The van der Waals surface area contributed by atoms with Crippen LogP contribution in [-0.4, -0.2) is 32.1 Å². The van der Waals surface area contributed by atoms with Crippen LogP contribution >= 0.6 is 11.6 Å². The molecule has 0 radical (unpaired) electrons. The standard InChI is InChI=1S/C20H24ClNO3S/c1-4-15-22(26(23,24)18-13-11-16(3)12-14-18)20(25-5-2)19(21)17-9-7-6-8-10-17/h4,6-14,19-20H,1,5,15H2,2-3H3/t19-,20-/m1/s1. The van der Waals surface area contributed by atoms with Crippen molar-refractivity contribution in [2.24, 2.45) is 0 Å². The number of ether oxygens (including phenoxy) is 1. The Labute approximate surface area is 161 Å². The predicted molar refractivity (Wildman–Crippen MR) is 106 cm³/mol. The van der Waals surface area contributed by atoms with E-state index in [9.17, 15) is 8.42 Å². The maximum atomic E-state index is 13.2. The van der Waals surface area contributed by atoms with Gasteiger partial charge in [0.15, 0.2) is 0 Å². The number of benzene rings is 2. The van der Waals surface area contributed by atoms with Crippen LogP contribution in [0.2, 0.25) is 0 Å². The van der Waals surface area contributed by atoms with E-state index < -0.39 is 21.6 Å². The van der Waals surface area contributed by atoms with Gasteiger partial charge in [-0.15, -0.1) is 18.2 Å². The molecule has 140 valence electrons. The third kappa shape index (κ3) is 4.74. The minimum atomic E-state index is -3.80. The molecule has 0 aliphatic rings. The Morgan fingerprint density at radius 3 is 2.31 bits per heavy atom. The van der Waals surface area contributed by atoms with E-state index in [0.717, 1.165) is 11.1 Å². The highest BCUT2D eigenvalue weighted by molar-refractivity contribution is 7.89. The van der Waals surface area contributed by atoms with Gasteiger partial charge in [-0.2, -0.15) is 4.31 Å². The maximum Gasteiger partial charge on any atom is 0.245 e. The molecule has 0 aliphatic heterocycles. The zero-order chi connectivity index (χ0) is 19.2. The third-order valence-corrected chi connectivity index (χ3v) is 6.24. The van der Waals surface area contributed by atoms with Gasteiger partial charge in [0.25, 0.3) is 0 Å². The van der Waals surface area contributed by atoms with Gasteiger partial charge in [-0.05, 0) is 31.5 Å². The van der Waals surface area contributed by atoms with Crippen molar-refractivity contribution >= 4 is 21.6 Å². The molecule has 4 nitrogen and oxygen atoms in total. The van der Waals surface area contributed by atoms with E-state index in [4.69, 9.17) is 16.3 Å². The summed E-state index contributed by atoms with van der Waals surface area (Å²) in [5.74, 6) is 0. The Kier molecular flexibility index (Phi) is 7.41. The van der Waals surface area contributed by atoms with Crippen LogP contribution in [0.5, 0.6) is 0 Å². The smallest absolute Gasteiger partial charge is 0.245 e. The van der Waals surface area contributed by atoms with Crippen molar-refractivity contribution in [2.45, 2.75) is 30.3 Å². The second kappa shape index (κ2) is 9.33. The molecule has 0 amide bonds. The summed E-state index contributed by atoms with van der Waals surface area (Å²) < 4.78 is 33.5. The molecule has 0 unspecified atom stereocenters. The molecule has 2 aromatic carbocycles. The number of hydrogen-bond donors (Lipinski definition) is 0. The van der Waals surface area contributed by atoms with Crippen LogP contribution < -0.4 is 0 Å². The molecule has 2 rings (SSSR count). The van der Waals surface area contributed by atoms with Crippen molar-refractivity contribution in [3.05, 3.63) is 78.4 Å². The van der Waals surface area contributed by atoms with Gasteiger partial charge in [0, 0.05) is 13.2 Å². The molecule has 0 heterocycles. The SMILES string of the molecule is C=CCN([C@H](OCC)[C@H](Cl)c1ccccc1)S(=O)(=O)c1ccc(C)cc1. The highest BCUT2D eigenvalue weighted by atomic mass is 35.5. The van der Waals surface area contributed by atoms with Crippen LogP contribution in [0.4, 0.5) is 0 Å². The molecule has 0 saturated heterocycles. The van der Waals surface area contributed by atoms with E-state index in [1.165, 1.54) is 10.4 Å². The van der Waals surface area contributed by atoms with E-state index in [0.29, 0.717) is 6.61 Å². The Balaban J connectivity index is 2.46. The van der Waals surface area contributed by atoms with Gasteiger partial charge in [-0.1, -0.05) is 54.1 Å². The highest BCUT2D eigenvalue weighted by Crippen LogP contribution is 2.32. The van der Waals surface area contributed by atoms with E-state index in [1.807, 2.05) is 44.2 Å². The summed E-state index contributed by atoms with van der Waals surface area (Å²) >= 11 is 6.63. The average molecular weight is 394 g/mol. The van der Waals surface area contributed by atoms with Crippen LogP contribution in [0.1, 0.15) is 23.4 Å². The lowest BCUT2D eigenvalue weighted by Crippen LogP contribution is -2.44. The lowest BCUT2D eigenvalue weighted by Gasteiger charge is -2.33. The summed E-state index contributed by atoms with van der Waals surface area (Å²) in [7, 11) is -3.80. The number of aryl methyl sites for hydroxylation is 1. The van der Waals surface area contributed by atoms with Gasteiger partial charge in [-0.3, -0.25) is 0 Å². The van der Waals surface area contributed by atoms with E-state index in [-0.39, 0.29) is 11.4 Å². The van der Waals surface area contributed by atoms with Gasteiger partial charge in [-0.25, -0.2) is 8.42 Å².